The second-order valence-corrected chi connectivity index (χ2v) is 11.8. The van der Waals surface area contributed by atoms with Crippen LogP contribution in [0, 0.1) is 6.92 Å². The average Bonchev–Trinajstić information content (AvgIpc) is 2.79. The maximum atomic E-state index is 12.9. The van der Waals surface area contributed by atoms with E-state index in [2.05, 4.69) is 5.32 Å². The number of para-hydroxylation sites is 1. The summed E-state index contributed by atoms with van der Waals surface area (Å²) in [5.41, 5.74) is 2.06. The molecule has 184 valence electrons. The summed E-state index contributed by atoms with van der Waals surface area (Å²) >= 11 is 6.21. The summed E-state index contributed by atoms with van der Waals surface area (Å²) in [7, 11) is -3.51. The van der Waals surface area contributed by atoms with Crippen molar-refractivity contribution in [2.45, 2.75) is 69.9 Å². The third-order valence-corrected chi connectivity index (χ3v) is 8.56. The van der Waals surface area contributed by atoms with E-state index < -0.39 is 10.0 Å². The van der Waals surface area contributed by atoms with Gasteiger partial charge in [-0.2, -0.15) is 0 Å². The van der Waals surface area contributed by atoms with Crippen molar-refractivity contribution in [3.8, 4) is 5.75 Å². The quantitative estimate of drug-likeness (QED) is 0.537. The lowest BCUT2D eigenvalue weighted by Gasteiger charge is -2.44. The standard InChI is InChI=1S/C26H33ClN2O4S/c1-19-21(27)11-8-12-23(19)29(34(2,31)32)17-9-14-25(30)28-22-18-26(15-6-3-7-16-26)33-24-13-5-4-10-20(22)24/h4-5,8,10-13,22H,3,6-7,9,14-18H2,1-2H3,(H,28,30)/t22-/m0/s1. The van der Waals surface area contributed by atoms with Crippen molar-refractivity contribution >= 4 is 33.2 Å². The fourth-order valence-corrected chi connectivity index (χ4v) is 6.42. The molecule has 1 fully saturated rings. The zero-order chi connectivity index (χ0) is 24.3. The van der Waals surface area contributed by atoms with Crippen LogP contribution in [-0.4, -0.2) is 32.7 Å². The van der Waals surface area contributed by atoms with Gasteiger partial charge in [-0.25, -0.2) is 8.42 Å². The van der Waals surface area contributed by atoms with Crippen LogP contribution in [0.15, 0.2) is 42.5 Å². The molecule has 6 nitrogen and oxygen atoms in total. The molecule has 0 unspecified atom stereocenters. The molecule has 1 aliphatic carbocycles. The highest BCUT2D eigenvalue weighted by molar-refractivity contribution is 7.92. The number of nitrogens with one attached hydrogen (secondary N) is 1. The van der Waals surface area contributed by atoms with Crippen LogP contribution in [0.3, 0.4) is 0 Å². The van der Waals surface area contributed by atoms with Gasteiger partial charge < -0.3 is 10.1 Å². The number of ether oxygens (including phenoxy) is 1. The normalized spacial score (nSPS) is 19.2. The van der Waals surface area contributed by atoms with Crippen molar-refractivity contribution in [3.05, 3.63) is 58.6 Å². The van der Waals surface area contributed by atoms with Crippen LogP contribution in [0.4, 0.5) is 5.69 Å². The van der Waals surface area contributed by atoms with Crippen molar-refractivity contribution in [2.24, 2.45) is 0 Å². The van der Waals surface area contributed by atoms with E-state index in [0.717, 1.165) is 43.4 Å². The first-order valence-electron chi connectivity index (χ1n) is 12.0. The van der Waals surface area contributed by atoms with Gasteiger partial charge in [-0.15, -0.1) is 0 Å². The zero-order valence-corrected chi connectivity index (χ0v) is 21.4. The summed E-state index contributed by atoms with van der Waals surface area (Å²) in [5.74, 6) is 0.782. The SMILES string of the molecule is Cc1c(Cl)cccc1N(CCCC(=O)N[C@H]1CC2(CCCCC2)Oc2ccccc21)S(C)(=O)=O. The van der Waals surface area contributed by atoms with Gasteiger partial charge in [0.15, 0.2) is 0 Å². The van der Waals surface area contributed by atoms with Gasteiger partial charge in [0.2, 0.25) is 15.9 Å². The number of hydrogen-bond donors (Lipinski definition) is 1. The molecule has 2 aromatic rings. The molecule has 1 spiro atoms. The van der Waals surface area contributed by atoms with E-state index in [-0.39, 0.29) is 30.5 Å². The molecule has 0 saturated heterocycles. The Morgan fingerprint density at radius 3 is 2.62 bits per heavy atom. The molecule has 0 radical (unpaired) electrons. The zero-order valence-electron chi connectivity index (χ0n) is 19.8. The highest BCUT2D eigenvalue weighted by Crippen LogP contribution is 2.46. The molecule has 0 aromatic heterocycles. The Morgan fingerprint density at radius 1 is 1.15 bits per heavy atom. The molecule has 1 heterocycles. The number of carbonyl (C=O) groups is 1. The molecule has 8 heteroatoms. The molecule has 1 N–H and O–H groups in total. The van der Waals surface area contributed by atoms with E-state index in [1.807, 2.05) is 24.3 Å². The van der Waals surface area contributed by atoms with Crippen LogP contribution in [0.2, 0.25) is 5.02 Å². The van der Waals surface area contributed by atoms with Crippen LogP contribution in [0.5, 0.6) is 5.75 Å². The number of benzene rings is 2. The van der Waals surface area contributed by atoms with Crippen LogP contribution < -0.4 is 14.4 Å². The Bertz CT molecular complexity index is 1150. The smallest absolute Gasteiger partial charge is 0.232 e. The van der Waals surface area contributed by atoms with Gasteiger partial charge in [-0.05, 0) is 62.8 Å². The highest BCUT2D eigenvalue weighted by atomic mass is 35.5. The van der Waals surface area contributed by atoms with Crippen molar-refractivity contribution in [1.82, 2.24) is 5.32 Å². The Morgan fingerprint density at radius 2 is 1.88 bits per heavy atom. The predicted molar refractivity (Wildman–Crippen MR) is 136 cm³/mol. The lowest BCUT2D eigenvalue weighted by Crippen LogP contribution is -2.46. The van der Waals surface area contributed by atoms with Gasteiger partial charge >= 0.3 is 0 Å². The van der Waals surface area contributed by atoms with Gasteiger partial charge in [-0.3, -0.25) is 9.10 Å². The summed E-state index contributed by atoms with van der Waals surface area (Å²) in [6.45, 7) is 2.01. The second kappa shape index (κ2) is 10.2. The van der Waals surface area contributed by atoms with E-state index >= 15 is 0 Å². The van der Waals surface area contributed by atoms with E-state index in [9.17, 15) is 13.2 Å². The van der Waals surface area contributed by atoms with E-state index in [4.69, 9.17) is 16.3 Å². The van der Waals surface area contributed by atoms with E-state index in [1.165, 1.54) is 17.0 Å². The molecule has 34 heavy (non-hydrogen) atoms. The number of carbonyl (C=O) groups excluding carboxylic acids is 1. The monoisotopic (exact) mass is 504 g/mol. The van der Waals surface area contributed by atoms with Crippen molar-refractivity contribution < 1.29 is 17.9 Å². The largest absolute Gasteiger partial charge is 0.487 e. The fourth-order valence-electron chi connectivity index (χ4n) is 5.23. The number of sulfonamides is 1. The minimum absolute atomic E-state index is 0.0797. The fraction of sp³-hybridized carbons (Fsp3) is 0.500. The predicted octanol–water partition coefficient (Wildman–Crippen LogP) is 5.54. The highest BCUT2D eigenvalue weighted by Gasteiger charge is 2.42. The number of hydrogen-bond acceptors (Lipinski definition) is 4. The molecule has 4 rings (SSSR count). The Labute approximate surface area is 207 Å². The van der Waals surface area contributed by atoms with Crippen molar-refractivity contribution in [1.29, 1.82) is 0 Å². The molecular weight excluding hydrogens is 472 g/mol. The van der Waals surface area contributed by atoms with E-state index in [1.54, 1.807) is 25.1 Å². The van der Waals surface area contributed by atoms with Gasteiger partial charge in [0.1, 0.15) is 11.4 Å². The minimum atomic E-state index is -3.51. The van der Waals surface area contributed by atoms with Gasteiger partial charge in [0, 0.05) is 30.0 Å². The number of fused-ring (bicyclic) bond motifs is 1. The molecule has 0 bridgehead atoms. The second-order valence-electron chi connectivity index (χ2n) is 9.53. The van der Waals surface area contributed by atoms with Crippen LogP contribution in [0.1, 0.15) is 68.5 Å². The summed E-state index contributed by atoms with van der Waals surface area (Å²) in [4.78, 5) is 12.9. The van der Waals surface area contributed by atoms with Gasteiger partial charge in [0.25, 0.3) is 0 Å². The number of nitrogens with zero attached hydrogens (tertiary/aromatic N) is 1. The first-order valence-corrected chi connectivity index (χ1v) is 14.2. The molecule has 2 aromatic carbocycles. The first-order chi connectivity index (χ1) is 16.2. The van der Waals surface area contributed by atoms with Crippen LogP contribution in [0.25, 0.3) is 0 Å². The summed E-state index contributed by atoms with van der Waals surface area (Å²) in [6, 6.07) is 13.1. The Kier molecular flexibility index (Phi) is 7.43. The Hall–Kier alpha value is -2.25. The number of anilines is 1. The summed E-state index contributed by atoms with van der Waals surface area (Å²) < 4.78 is 32.7. The average molecular weight is 505 g/mol. The Balaban J connectivity index is 1.42. The third-order valence-electron chi connectivity index (χ3n) is 6.97. The number of halogens is 1. The molecule has 1 amide bonds. The van der Waals surface area contributed by atoms with Crippen LogP contribution in [-0.2, 0) is 14.8 Å². The first kappa shape index (κ1) is 24.9. The lowest BCUT2D eigenvalue weighted by molar-refractivity contribution is -0.122. The van der Waals surface area contributed by atoms with Gasteiger partial charge in [0.05, 0.1) is 18.0 Å². The maximum absolute atomic E-state index is 12.9. The number of rotatable bonds is 7. The number of amides is 1. The molecule has 1 aliphatic heterocycles. The molecule has 1 atom stereocenters. The molecule has 2 aliphatic rings. The summed E-state index contributed by atoms with van der Waals surface area (Å²) in [6.07, 6.45) is 8.13. The lowest BCUT2D eigenvalue weighted by atomic mass is 9.77. The summed E-state index contributed by atoms with van der Waals surface area (Å²) in [5, 5.41) is 3.72. The topological polar surface area (TPSA) is 75.7 Å². The van der Waals surface area contributed by atoms with E-state index in [0.29, 0.717) is 22.7 Å². The maximum Gasteiger partial charge on any atom is 0.232 e. The molecule has 1 saturated carbocycles. The molecular formula is C26H33ClN2O4S. The third kappa shape index (κ3) is 5.52. The van der Waals surface area contributed by atoms with Crippen molar-refractivity contribution in [3.63, 3.8) is 0 Å². The van der Waals surface area contributed by atoms with Crippen LogP contribution >= 0.6 is 11.6 Å². The van der Waals surface area contributed by atoms with Gasteiger partial charge in [-0.1, -0.05) is 42.3 Å². The minimum Gasteiger partial charge on any atom is -0.487 e. The van der Waals surface area contributed by atoms with Crippen molar-refractivity contribution in [2.75, 3.05) is 17.1 Å².